The SMILES string of the molecule is COc1ccc(-c2cc(=O)[nH]c(SCc3nc(-c4cc(OC)c(OC)c(OC)c4)oc3C)n2)cc1. The average Bonchev–Trinajstić information content (AvgIpc) is 3.26. The van der Waals surface area contributed by atoms with Crippen LogP contribution in [0.5, 0.6) is 23.0 Å². The van der Waals surface area contributed by atoms with E-state index in [9.17, 15) is 4.79 Å². The third-order valence-electron chi connectivity index (χ3n) is 5.26. The van der Waals surface area contributed by atoms with Crippen LogP contribution in [0.1, 0.15) is 11.5 Å². The van der Waals surface area contributed by atoms with Gasteiger partial charge in [-0.3, -0.25) is 4.79 Å². The predicted molar refractivity (Wildman–Crippen MR) is 133 cm³/mol. The maximum absolute atomic E-state index is 12.2. The number of hydrogen-bond donors (Lipinski definition) is 1. The minimum atomic E-state index is -0.233. The summed E-state index contributed by atoms with van der Waals surface area (Å²) in [5.41, 5.74) is 2.58. The molecular weight excluding hydrogens is 470 g/mol. The van der Waals surface area contributed by atoms with E-state index in [-0.39, 0.29) is 5.56 Å². The molecule has 0 saturated carbocycles. The molecule has 0 unspecified atom stereocenters. The van der Waals surface area contributed by atoms with Gasteiger partial charge in [0.2, 0.25) is 11.6 Å². The summed E-state index contributed by atoms with van der Waals surface area (Å²) in [6.45, 7) is 1.84. The van der Waals surface area contributed by atoms with Crippen molar-refractivity contribution in [1.29, 1.82) is 0 Å². The number of rotatable bonds is 9. The molecule has 35 heavy (non-hydrogen) atoms. The van der Waals surface area contributed by atoms with Crippen LogP contribution in [-0.2, 0) is 5.75 Å². The third-order valence-corrected chi connectivity index (χ3v) is 6.14. The molecule has 1 N–H and O–H groups in total. The van der Waals surface area contributed by atoms with Gasteiger partial charge in [-0.05, 0) is 43.3 Å². The summed E-state index contributed by atoms with van der Waals surface area (Å²) in [5.74, 6) is 3.77. The summed E-state index contributed by atoms with van der Waals surface area (Å²) >= 11 is 1.37. The van der Waals surface area contributed by atoms with Crippen molar-refractivity contribution in [3.8, 4) is 45.7 Å². The van der Waals surface area contributed by atoms with Gasteiger partial charge in [0.1, 0.15) is 11.5 Å². The normalized spacial score (nSPS) is 10.8. The number of aryl methyl sites for hydroxylation is 1. The van der Waals surface area contributed by atoms with Crippen LogP contribution < -0.4 is 24.5 Å². The van der Waals surface area contributed by atoms with Crippen LogP contribution in [-0.4, -0.2) is 43.4 Å². The topological polar surface area (TPSA) is 109 Å². The fourth-order valence-corrected chi connectivity index (χ4v) is 4.32. The first-order valence-corrected chi connectivity index (χ1v) is 11.6. The molecule has 2 aromatic carbocycles. The van der Waals surface area contributed by atoms with Crippen LogP contribution >= 0.6 is 11.8 Å². The Morgan fingerprint density at radius 1 is 0.886 bits per heavy atom. The smallest absolute Gasteiger partial charge is 0.252 e. The quantitative estimate of drug-likeness (QED) is 0.260. The number of ether oxygens (including phenoxy) is 4. The lowest BCUT2D eigenvalue weighted by atomic mass is 10.1. The maximum Gasteiger partial charge on any atom is 0.252 e. The Labute approximate surface area is 206 Å². The molecule has 0 amide bonds. The van der Waals surface area contributed by atoms with E-state index in [0.717, 1.165) is 17.0 Å². The molecule has 0 spiro atoms. The summed E-state index contributed by atoms with van der Waals surface area (Å²) in [4.78, 5) is 24.3. The van der Waals surface area contributed by atoms with Crippen molar-refractivity contribution in [2.75, 3.05) is 28.4 Å². The van der Waals surface area contributed by atoms with Gasteiger partial charge in [-0.15, -0.1) is 0 Å². The Morgan fingerprint density at radius 3 is 2.17 bits per heavy atom. The number of methoxy groups -OCH3 is 4. The van der Waals surface area contributed by atoms with Crippen LogP contribution in [0.2, 0.25) is 0 Å². The van der Waals surface area contributed by atoms with Gasteiger partial charge in [-0.2, -0.15) is 0 Å². The van der Waals surface area contributed by atoms with Crippen LogP contribution in [0.4, 0.5) is 0 Å². The van der Waals surface area contributed by atoms with Crippen molar-refractivity contribution in [3.05, 3.63) is 64.3 Å². The molecule has 2 heterocycles. The molecule has 4 aromatic rings. The van der Waals surface area contributed by atoms with Crippen molar-refractivity contribution in [2.24, 2.45) is 0 Å². The molecule has 0 fully saturated rings. The highest BCUT2D eigenvalue weighted by Gasteiger charge is 2.19. The van der Waals surface area contributed by atoms with E-state index in [1.54, 1.807) is 40.6 Å². The number of benzene rings is 2. The Bertz CT molecular complexity index is 1360. The lowest BCUT2D eigenvalue weighted by Crippen LogP contribution is -2.08. The number of hydrogen-bond acceptors (Lipinski definition) is 9. The molecule has 10 heteroatoms. The van der Waals surface area contributed by atoms with Crippen LogP contribution in [0.25, 0.3) is 22.7 Å². The Morgan fingerprint density at radius 2 is 1.57 bits per heavy atom. The second-order valence-electron chi connectivity index (χ2n) is 7.39. The van der Waals surface area contributed by atoms with E-state index in [1.807, 2.05) is 31.2 Å². The summed E-state index contributed by atoms with van der Waals surface area (Å²) < 4.78 is 27.4. The maximum atomic E-state index is 12.2. The molecule has 0 aliphatic carbocycles. The van der Waals surface area contributed by atoms with E-state index >= 15 is 0 Å². The lowest BCUT2D eigenvalue weighted by molar-refractivity contribution is 0.324. The minimum Gasteiger partial charge on any atom is -0.497 e. The summed E-state index contributed by atoms with van der Waals surface area (Å²) in [7, 11) is 6.26. The molecule has 182 valence electrons. The van der Waals surface area contributed by atoms with Crippen molar-refractivity contribution >= 4 is 11.8 Å². The number of oxazole rings is 1. The van der Waals surface area contributed by atoms with Crippen LogP contribution in [0.3, 0.4) is 0 Å². The number of H-pyrrole nitrogens is 1. The average molecular weight is 496 g/mol. The van der Waals surface area contributed by atoms with Gasteiger partial charge in [-0.25, -0.2) is 9.97 Å². The van der Waals surface area contributed by atoms with Crippen molar-refractivity contribution < 1.29 is 23.4 Å². The molecule has 0 aliphatic rings. The Balaban J connectivity index is 1.57. The van der Waals surface area contributed by atoms with Gasteiger partial charge < -0.3 is 28.3 Å². The number of aromatic amines is 1. The molecule has 9 nitrogen and oxygen atoms in total. The van der Waals surface area contributed by atoms with E-state index in [0.29, 0.717) is 51.1 Å². The Hall–Kier alpha value is -3.92. The Kier molecular flexibility index (Phi) is 7.31. The van der Waals surface area contributed by atoms with Gasteiger partial charge in [0, 0.05) is 22.9 Å². The van der Waals surface area contributed by atoms with Gasteiger partial charge >= 0.3 is 0 Å². The number of thioether (sulfide) groups is 1. The minimum absolute atomic E-state index is 0.233. The standard InChI is InChI=1S/C25H25N3O6S/c1-14-19(26-24(34-14)16-10-20(31-3)23(33-5)21(11-16)32-4)13-35-25-27-18(12-22(29)28-25)15-6-8-17(30-2)9-7-15/h6-12H,13H2,1-5H3,(H,27,28,29). The van der Waals surface area contributed by atoms with Gasteiger partial charge in [0.15, 0.2) is 16.7 Å². The molecule has 2 aromatic heterocycles. The zero-order chi connectivity index (χ0) is 24.9. The van der Waals surface area contributed by atoms with Crippen molar-refractivity contribution in [2.45, 2.75) is 17.8 Å². The van der Waals surface area contributed by atoms with E-state index in [2.05, 4.69) is 15.0 Å². The largest absolute Gasteiger partial charge is 0.497 e. The van der Waals surface area contributed by atoms with E-state index < -0.39 is 0 Å². The summed E-state index contributed by atoms with van der Waals surface area (Å²) in [6, 6.07) is 12.4. The van der Waals surface area contributed by atoms with Crippen molar-refractivity contribution in [3.63, 3.8) is 0 Å². The van der Waals surface area contributed by atoms with E-state index in [1.165, 1.54) is 17.8 Å². The van der Waals surface area contributed by atoms with Gasteiger partial charge in [0.05, 0.1) is 39.8 Å². The second-order valence-corrected chi connectivity index (χ2v) is 8.35. The highest BCUT2D eigenvalue weighted by molar-refractivity contribution is 7.98. The zero-order valence-corrected chi connectivity index (χ0v) is 20.8. The van der Waals surface area contributed by atoms with Crippen LogP contribution in [0, 0.1) is 6.92 Å². The molecule has 0 bridgehead atoms. The first-order valence-electron chi connectivity index (χ1n) is 10.6. The molecular formula is C25H25N3O6S. The van der Waals surface area contributed by atoms with Crippen LogP contribution in [0.15, 0.2) is 56.8 Å². The van der Waals surface area contributed by atoms with Crippen molar-refractivity contribution in [1.82, 2.24) is 15.0 Å². The van der Waals surface area contributed by atoms with Gasteiger partial charge in [0.25, 0.3) is 5.56 Å². The zero-order valence-electron chi connectivity index (χ0n) is 20.0. The monoisotopic (exact) mass is 495 g/mol. The molecule has 0 saturated heterocycles. The highest BCUT2D eigenvalue weighted by atomic mass is 32.2. The first kappa shape index (κ1) is 24.2. The number of aromatic nitrogens is 3. The number of nitrogens with one attached hydrogen (secondary N) is 1. The lowest BCUT2D eigenvalue weighted by Gasteiger charge is -2.12. The second kappa shape index (κ2) is 10.6. The third kappa shape index (κ3) is 5.27. The highest BCUT2D eigenvalue weighted by Crippen LogP contribution is 2.41. The molecule has 0 aliphatic heterocycles. The van der Waals surface area contributed by atoms with E-state index in [4.69, 9.17) is 23.4 Å². The predicted octanol–water partition coefficient (Wildman–Crippen LogP) is 4.73. The summed E-state index contributed by atoms with van der Waals surface area (Å²) in [5, 5.41) is 0.486. The fourth-order valence-electron chi connectivity index (χ4n) is 3.44. The summed E-state index contributed by atoms with van der Waals surface area (Å²) in [6.07, 6.45) is 0. The molecule has 0 atom stereocenters. The van der Waals surface area contributed by atoms with Gasteiger partial charge in [-0.1, -0.05) is 11.8 Å². The number of nitrogens with zero attached hydrogens (tertiary/aromatic N) is 2. The molecule has 0 radical (unpaired) electrons. The molecule has 4 rings (SSSR count). The first-order chi connectivity index (χ1) is 16.9. The fraction of sp³-hybridized carbons (Fsp3) is 0.240.